The second-order valence-corrected chi connectivity index (χ2v) is 9.65. The van der Waals surface area contributed by atoms with Gasteiger partial charge in [-0.25, -0.2) is 23.0 Å². The first-order chi connectivity index (χ1) is 15.2. The fraction of sp³-hybridized carbons (Fsp3) is 0.409. The SMILES string of the molecule is CCOC(=O)c1ccc(N2CCCN(C(=O)Nc3cc(S(C)(=O)=O)ccc3C)CC2)nc1. The number of sulfone groups is 1. The highest BCUT2D eigenvalue weighted by Gasteiger charge is 2.21. The highest BCUT2D eigenvalue weighted by Crippen LogP contribution is 2.21. The average molecular weight is 461 g/mol. The van der Waals surface area contributed by atoms with Crippen LogP contribution < -0.4 is 10.2 Å². The Bertz CT molecular complexity index is 1090. The first-order valence-corrected chi connectivity index (χ1v) is 12.3. The third kappa shape index (κ3) is 5.76. The van der Waals surface area contributed by atoms with Crippen molar-refractivity contribution >= 4 is 33.3 Å². The van der Waals surface area contributed by atoms with Crippen LogP contribution in [-0.2, 0) is 14.6 Å². The molecule has 1 fully saturated rings. The maximum absolute atomic E-state index is 12.8. The number of nitrogens with zero attached hydrogens (tertiary/aromatic N) is 3. The third-order valence-electron chi connectivity index (χ3n) is 5.24. The standard InChI is InChI=1S/C22H28N4O5S/c1-4-31-21(27)17-7-9-20(23-15-17)25-10-5-11-26(13-12-25)22(28)24-19-14-18(32(3,29)30)8-6-16(19)2/h6-9,14-15H,4-5,10-13H2,1-3H3,(H,24,28). The van der Waals surface area contributed by atoms with Crippen LogP contribution >= 0.6 is 0 Å². The molecule has 1 N–H and O–H groups in total. The van der Waals surface area contributed by atoms with Gasteiger partial charge in [-0.3, -0.25) is 0 Å². The molecule has 9 nitrogen and oxygen atoms in total. The van der Waals surface area contributed by atoms with Crippen LogP contribution in [0.2, 0.25) is 0 Å². The van der Waals surface area contributed by atoms with Gasteiger partial charge in [-0.1, -0.05) is 6.07 Å². The lowest BCUT2D eigenvalue weighted by Crippen LogP contribution is -2.38. The number of pyridine rings is 1. The number of aryl methyl sites for hydroxylation is 1. The van der Waals surface area contributed by atoms with Gasteiger partial charge in [-0.2, -0.15) is 0 Å². The molecule has 1 aromatic heterocycles. The zero-order valence-electron chi connectivity index (χ0n) is 18.5. The Labute approximate surface area is 188 Å². The number of hydrogen-bond donors (Lipinski definition) is 1. The maximum Gasteiger partial charge on any atom is 0.339 e. The lowest BCUT2D eigenvalue weighted by Gasteiger charge is -2.23. The predicted molar refractivity (Wildman–Crippen MR) is 122 cm³/mol. The molecule has 0 radical (unpaired) electrons. The minimum Gasteiger partial charge on any atom is -0.462 e. The molecule has 1 aromatic carbocycles. The molecule has 0 saturated carbocycles. The number of esters is 1. The van der Waals surface area contributed by atoms with E-state index in [1.807, 2.05) is 6.92 Å². The Morgan fingerprint density at radius 3 is 2.56 bits per heavy atom. The van der Waals surface area contributed by atoms with Gasteiger partial charge in [-0.15, -0.1) is 0 Å². The summed E-state index contributed by atoms with van der Waals surface area (Å²) in [6.45, 7) is 6.23. The van der Waals surface area contributed by atoms with Gasteiger partial charge >= 0.3 is 12.0 Å². The molecular formula is C22H28N4O5S. The first kappa shape index (κ1) is 23.5. The van der Waals surface area contributed by atoms with Crippen LogP contribution in [0.5, 0.6) is 0 Å². The summed E-state index contributed by atoms with van der Waals surface area (Å²) in [4.78, 5) is 33.0. The number of carbonyl (C=O) groups excluding carboxylic acids is 2. The van der Waals surface area contributed by atoms with Crippen molar-refractivity contribution in [2.45, 2.75) is 25.2 Å². The van der Waals surface area contributed by atoms with Gasteiger partial charge < -0.3 is 19.9 Å². The van der Waals surface area contributed by atoms with Crippen LogP contribution in [0.3, 0.4) is 0 Å². The van der Waals surface area contributed by atoms with Crippen molar-refractivity contribution in [1.29, 1.82) is 0 Å². The number of rotatable bonds is 5. The smallest absolute Gasteiger partial charge is 0.339 e. The minimum atomic E-state index is -3.37. The van der Waals surface area contributed by atoms with Crippen LogP contribution in [0, 0.1) is 6.92 Å². The normalized spacial score (nSPS) is 14.6. The molecule has 0 atom stereocenters. The van der Waals surface area contributed by atoms with E-state index in [1.165, 1.54) is 18.3 Å². The molecule has 1 saturated heterocycles. The van der Waals surface area contributed by atoms with Crippen molar-refractivity contribution < 1.29 is 22.7 Å². The molecule has 32 heavy (non-hydrogen) atoms. The third-order valence-corrected chi connectivity index (χ3v) is 6.36. The number of hydrogen-bond acceptors (Lipinski definition) is 7. The fourth-order valence-electron chi connectivity index (χ4n) is 3.42. The van der Waals surface area contributed by atoms with Gasteiger partial charge in [0.1, 0.15) is 5.82 Å². The van der Waals surface area contributed by atoms with E-state index in [0.29, 0.717) is 37.5 Å². The number of urea groups is 1. The highest BCUT2D eigenvalue weighted by atomic mass is 32.2. The van der Waals surface area contributed by atoms with E-state index in [1.54, 1.807) is 30.0 Å². The summed E-state index contributed by atoms with van der Waals surface area (Å²) in [6, 6.07) is 7.90. The van der Waals surface area contributed by atoms with E-state index in [9.17, 15) is 18.0 Å². The van der Waals surface area contributed by atoms with Crippen molar-refractivity contribution in [2.75, 3.05) is 49.3 Å². The van der Waals surface area contributed by atoms with Crippen molar-refractivity contribution in [1.82, 2.24) is 9.88 Å². The van der Waals surface area contributed by atoms with Crippen molar-refractivity contribution in [3.8, 4) is 0 Å². The summed E-state index contributed by atoms with van der Waals surface area (Å²) in [5.41, 5.74) is 1.67. The van der Waals surface area contributed by atoms with Gasteiger partial charge in [0, 0.05) is 44.3 Å². The Hall–Kier alpha value is -3.14. The number of amides is 2. The lowest BCUT2D eigenvalue weighted by atomic mass is 10.2. The van der Waals surface area contributed by atoms with E-state index in [0.717, 1.165) is 30.6 Å². The van der Waals surface area contributed by atoms with E-state index in [2.05, 4.69) is 15.2 Å². The first-order valence-electron chi connectivity index (χ1n) is 10.4. The summed E-state index contributed by atoms with van der Waals surface area (Å²) in [6.07, 6.45) is 3.39. The molecule has 10 heteroatoms. The van der Waals surface area contributed by atoms with E-state index >= 15 is 0 Å². The largest absolute Gasteiger partial charge is 0.462 e. The second-order valence-electron chi connectivity index (χ2n) is 7.63. The van der Waals surface area contributed by atoms with E-state index in [-0.39, 0.29) is 10.9 Å². The highest BCUT2D eigenvalue weighted by molar-refractivity contribution is 7.90. The lowest BCUT2D eigenvalue weighted by molar-refractivity contribution is 0.0526. The monoisotopic (exact) mass is 460 g/mol. The molecule has 0 aliphatic carbocycles. The summed E-state index contributed by atoms with van der Waals surface area (Å²) < 4.78 is 28.6. The quantitative estimate of drug-likeness (QED) is 0.683. The average Bonchev–Trinajstić information content (AvgIpc) is 3.01. The van der Waals surface area contributed by atoms with E-state index in [4.69, 9.17) is 4.74 Å². The van der Waals surface area contributed by atoms with Crippen LogP contribution in [-0.4, -0.2) is 69.3 Å². The molecule has 0 unspecified atom stereocenters. The Balaban J connectivity index is 1.64. The number of aromatic nitrogens is 1. The van der Waals surface area contributed by atoms with Crippen LogP contribution in [0.25, 0.3) is 0 Å². The maximum atomic E-state index is 12.8. The topological polar surface area (TPSA) is 109 Å². The summed E-state index contributed by atoms with van der Waals surface area (Å²) in [5, 5.41) is 2.84. The van der Waals surface area contributed by atoms with Crippen molar-refractivity contribution in [2.24, 2.45) is 0 Å². The summed E-state index contributed by atoms with van der Waals surface area (Å²) in [7, 11) is -3.37. The van der Waals surface area contributed by atoms with Crippen LogP contribution in [0.4, 0.5) is 16.3 Å². The minimum absolute atomic E-state index is 0.165. The van der Waals surface area contributed by atoms with Gasteiger partial charge in [0.25, 0.3) is 0 Å². The molecule has 1 aliphatic rings. The van der Waals surface area contributed by atoms with Crippen LogP contribution in [0.15, 0.2) is 41.4 Å². The van der Waals surface area contributed by atoms with Crippen LogP contribution in [0.1, 0.15) is 29.3 Å². The summed E-state index contributed by atoms with van der Waals surface area (Å²) >= 11 is 0. The molecule has 3 rings (SSSR count). The molecule has 2 aromatic rings. The molecular weight excluding hydrogens is 432 g/mol. The van der Waals surface area contributed by atoms with Gasteiger partial charge in [0.15, 0.2) is 9.84 Å². The molecule has 172 valence electrons. The number of ether oxygens (including phenoxy) is 1. The predicted octanol–water partition coefficient (Wildman–Crippen LogP) is 2.71. The number of nitrogens with one attached hydrogen (secondary N) is 1. The van der Waals surface area contributed by atoms with Gasteiger partial charge in [0.2, 0.25) is 0 Å². The van der Waals surface area contributed by atoms with Gasteiger partial charge in [-0.05, 0) is 50.1 Å². The molecule has 0 spiro atoms. The molecule has 0 bridgehead atoms. The van der Waals surface area contributed by atoms with Gasteiger partial charge in [0.05, 0.1) is 17.1 Å². The Kier molecular flexibility index (Phi) is 7.34. The second kappa shape index (κ2) is 9.99. The number of anilines is 2. The zero-order chi connectivity index (χ0) is 23.3. The zero-order valence-corrected chi connectivity index (χ0v) is 19.3. The fourth-order valence-corrected chi connectivity index (χ4v) is 4.07. The molecule has 1 aliphatic heterocycles. The Morgan fingerprint density at radius 2 is 1.91 bits per heavy atom. The summed E-state index contributed by atoms with van der Waals surface area (Å²) in [5.74, 6) is 0.331. The number of benzene rings is 1. The molecule has 2 heterocycles. The number of carbonyl (C=O) groups is 2. The van der Waals surface area contributed by atoms with E-state index < -0.39 is 15.8 Å². The van der Waals surface area contributed by atoms with Crippen molar-refractivity contribution in [3.63, 3.8) is 0 Å². The Morgan fingerprint density at radius 1 is 1.12 bits per heavy atom. The van der Waals surface area contributed by atoms with Crippen molar-refractivity contribution in [3.05, 3.63) is 47.7 Å². The molecule has 2 amide bonds.